The second kappa shape index (κ2) is 6.59. The summed E-state index contributed by atoms with van der Waals surface area (Å²) in [6, 6.07) is 6.90. The Kier molecular flexibility index (Phi) is 4.58. The highest BCUT2D eigenvalue weighted by Gasteiger charge is 2.16. The molecular weight excluding hydrogens is 246 g/mol. The monoisotopic (exact) mass is 273 g/mol. The third-order valence-corrected chi connectivity index (χ3v) is 4.58. The SMILES string of the molecule is Cc1ccc2c(c1)CNCCN2CCN1CCCCC1. The van der Waals surface area contributed by atoms with Crippen LogP contribution >= 0.6 is 0 Å². The summed E-state index contributed by atoms with van der Waals surface area (Å²) in [6.45, 7) is 10.4. The second-order valence-electron chi connectivity index (χ2n) is 6.20. The van der Waals surface area contributed by atoms with Crippen LogP contribution in [0.25, 0.3) is 0 Å². The van der Waals surface area contributed by atoms with E-state index < -0.39 is 0 Å². The van der Waals surface area contributed by atoms with Crippen molar-refractivity contribution in [1.82, 2.24) is 10.2 Å². The molecule has 1 N–H and O–H groups in total. The van der Waals surface area contributed by atoms with Crippen LogP contribution in [0.1, 0.15) is 30.4 Å². The Morgan fingerprint density at radius 2 is 1.90 bits per heavy atom. The molecule has 3 nitrogen and oxygen atoms in total. The van der Waals surface area contributed by atoms with E-state index in [1.54, 1.807) is 0 Å². The van der Waals surface area contributed by atoms with Crippen LogP contribution in [0.15, 0.2) is 18.2 Å². The molecule has 3 rings (SSSR count). The van der Waals surface area contributed by atoms with E-state index >= 15 is 0 Å². The predicted molar refractivity (Wildman–Crippen MR) is 85.4 cm³/mol. The summed E-state index contributed by atoms with van der Waals surface area (Å²) < 4.78 is 0. The number of hydrogen-bond acceptors (Lipinski definition) is 3. The van der Waals surface area contributed by atoms with Crippen molar-refractivity contribution in [1.29, 1.82) is 0 Å². The van der Waals surface area contributed by atoms with Crippen molar-refractivity contribution in [2.45, 2.75) is 32.7 Å². The average Bonchev–Trinajstić information content (AvgIpc) is 2.68. The van der Waals surface area contributed by atoms with Crippen LogP contribution in [0.5, 0.6) is 0 Å². The van der Waals surface area contributed by atoms with Gasteiger partial charge in [-0.15, -0.1) is 0 Å². The number of nitrogens with one attached hydrogen (secondary N) is 1. The van der Waals surface area contributed by atoms with Gasteiger partial charge >= 0.3 is 0 Å². The fourth-order valence-corrected chi connectivity index (χ4v) is 3.40. The number of nitrogens with zero attached hydrogens (tertiary/aromatic N) is 2. The van der Waals surface area contributed by atoms with Crippen molar-refractivity contribution in [3.8, 4) is 0 Å². The van der Waals surface area contributed by atoms with Crippen molar-refractivity contribution in [3.63, 3.8) is 0 Å². The van der Waals surface area contributed by atoms with Gasteiger partial charge < -0.3 is 15.1 Å². The zero-order chi connectivity index (χ0) is 13.8. The van der Waals surface area contributed by atoms with Gasteiger partial charge in [0.2, 0.25) is 0 Å². The predicted octanol–water partition coefficient (Wildman–Crippen LogP) is 2.39. The zero-order valence-electron chi connectivity index (χ0n) is 12.7. The molecular formula is C17H27N3. The molecule has 1 aromatic carbocycles. The highest BCUT2D eigenvalue weighted by Crippen LogP contribution is 2.23. The van der Waals surface area contributed by atoms with Gasteiger partial charge in [-0.2, -0.15) is 0 Å². The minimum absolute atomic E-state index is 1.01. The van der Waals surface area contributed by atoms with Crippen molar-refractivity contribution < 1.29 is 0 Å². The lowest BCUT2D eigenvalue weighted by Gasteiger charge is -2.31. The molecule has 0 aromatic heterocycles. The average molecular weight is 273 g/mol. The van der Waals surface area contributed by atoms with Gasteiger partial charge in [0.05, 0.1) is 0 Å². The highest BCUT2D eigenvalue weighted by molar-refractivity contribution is 5.55. The number of aryl methyl sites for hydroxylation is 1. The van der Waals surface area contributed by atoms with Gasteiger partial charge in [-0.3, -0.25) is 0 Å². The number of hydrogen-bond donors (Lipinski definition) is 1. The maximum Gasteiger partial charge on any atom is 0.0412 e. The van der Waals surface area contributed by atoms with E-state index in [1.165, 1.54) is 55.7 Å². The summed E-state index contributed by atoms with van der Waals surface area (Å²) in [6.07, 6.45) is 4.20. The molecule has 3 heteroatoms. The molecule has 2 heterocycles. The number of piperidine rings is 1. The van der Waals surface area contributed by atoms with Gasteiger partial charge in [0, 0.05) is 38.4 Å². The normalized spacial score (nSPS) is 20.6. The summed E-state index contributed by atoms with van der Waals surface area (Å²) in [4.78, 5) is 5.21. The minimum Gasteiger partial charge on any atom is -0.369 e. The van der Waals surface area contributed by atoms with E-state index in [9.17, 15) is 0 Å². The van der Waals surface area contributed by atoms with E-state index in [4.69, 9.17) is 0 Å². The highest BCUT2D eigenvalue weighted by atomic mass is 15.2. The standard InChI is InChI=1S/C17H27N3/c1-15-5-6-17-16(13-15)14-18-7-10-20(17)12-11-19-8-3-2-4-9-19/h5-6,13,18H,2-4,7-12,14H2,1H3. The van der Waals surface area contributed by atoms with Crippen LogP contribution in [0.4, 0.5) is 5.69 Å². The van der Waals surface area contributed by atoms with Crippen molar-refractivity contribution in [2.75, 3.05) is 44.2 Å². The minimum atomic E-state index is 1.01. The third-order valence-electron chi connectivity index (χ3n) is 4.58. The van der Waals surface area contributed by atoms with Gasteiger partial charge in [-0.25, -0.2) is 0 Å². The molecule has 0 bridgehead atoms. The van der Waals surface area contributed by atoms with E-state index in [0.717, 1.165) is 26.2 Å². The lowest BCUT2D eigenvalue weighted by molar-refractivity contribution is 0.233. The van der Waals surface area contributed by atoms with Crippen molar-refractivity contribution in [3.05, 3.63) is 29.3 Å². The summed E-state index contributed by atoms with van der Waals surface area (Å²) in [7, 11) is 0. The largest absolute Gasteiger partial charge is 0.369 e. The van der Waals surface area contributed by atoms with Gasteiger partial charge in [0.1, 0.15) is 0 Å². The van der Waals surface area contributed by atoms with Crippen LogP contribution in [0, 0.1) is 6.92 Å². The number of likely N-dealkylation sites (tertiary alicyclic amines) is 1. The van der Waals surface area contributed by atoms with E-state index in [0.29, 0.717) is 0 Å². The number of rotatable bonds is 3. The molecule has 0 amide bonds. The van der Waals surface area contributed by atoms with Crippen molar-refractivity contribution >= 4 is 5.69 Å². The molecule has 0 aliphatic carbocycles. The molecule has 1 fully saturated rings. The summed E-state index contributed by atoms with van der Waals surface area (Å²) in [5, 5.41) is 3.54. The van der Waals surface area contributed by atoms with Crippen LogP contribution < -0.4 is 10.2 Å². The summed E-state index contributed by atoms with van der Waals surface area (Å²) >= 11 is 0. The molecule has 0 saturated carbocycles. The smallest absolute Gasteiger partial charge is 0.0412 e. The maximum atomic E-state index is 3.54. The van der Waals surface area contributed by atoms with Gasteiger partial charge in [0.25, 0.3) is 0 Å². The molecule has 2 aliphatic heterocycles. The molecule has 20 heavy (non-hydrogen) atoms. The van der Waals surface area contributed by atoms with E-state index in [2.05, 4.69) is 40.2 Å². The molecule has 0 unspecified atom stereocenters. The van der Waals surface area contributed by atoms with Gasteiger partial charge in [-0.05, 0) is 44.5 Å². The summed E-state index contributed by atoms with van der Waals surface area (Å²) in [5.74, 6) is 0. The Bertz CT molecular complexity index is 438. The first-order valence-electron chi connectivity index (χ1n) is 8.10. The molecule has 110 valence electrons. The number of fused-ring (bicyclic) bond motifs is 1. The molecule has 0 atom stereocenters. The molecule has 0 radical (unpaired) electrons. The zero-order valence-corrected chi connectivity index (χ0v) is 12.7. The first-order valence-corrected chi connectivity index (χ1v) is 8.10. The molecule has 0 spiro atoms. The fraction of sp³-hybridized carbons (Fsp3) is 0.647. The lowest BCUT2D eigenvalue weighted by atomic mass is 10.1. The Labute approximate surface area is 123 Å². The molecule has 2 aliphatic rings. The molecule has 1 saturated heterocycles. The summed E-state index contributed by atoms with van der Waals surface area (Å²) in [5.41, 5.74) is 4.27. The van der Waals surface area contributed by atoms with Gasteiger partial charge in [0.15, 0.2) is 0 Å². The second-order valence-corrected chi connectivity index (χ2v) is 6.20. The number of anilines is 1. The Morgan fingerprint density at radius 3 is 2.75 bits per heavy atom. The Morgan fingerprint density at radius 1 is 1.05 bits per heavy atom. The van der Waals surface area contributed by atoms with Crippen LogP contribution in [-0.2, 0) is 6.54 Å². The molecule has 1 aromatic rings. The Hall–Kier alpha value is -1.06. The first-order chi connectivity index (χ1) is 9.83. The fourth-order valence-electron chi connectivity index (χ4n) is 3.40. The van der Waals surface area contributed by atoms with E-state index in [1.807, 2.05) is 0 Å². The third kappa shape index (κ3) is 3.33. The number of benzene rings is 1. The maximum absolute atomic E-state index is 3.54. The quantitative estimate of drug-likeness (QED) is 0.912. The van der Waals surface area contributed by atoms with Gasteiger partial charge in [-0.1, -0.05) is 24.1 Å². The van der Waals surface area contributed by atoms with Crippen LogP contribution in [0.2, 0.25) is 0 Å². The van der Waals surface area contributed by atoms with Crippen LogP contribution in [0.3, 0.4) is 0 Å². The van der Waals surface area contributed by atoms with Crippen molar-refractivity contribution in [2.24, 2.45) is 0 Å². The first kappa shape index (κ1) is 13.9. The van der Waals surface area contributed by atoms with Crippen LogP contribution in [-0.4, -0.2) is 44.2 Å². The Balaban J connectivity index is 1.66. The van der Waals surface area contributed by atoms with E-state index in [-0.39, 0.29) is 0 Å². The topological polar surface area (TPSA) is 18.5 Å². The lowest BCUT2D eigenvalue weighted by Crippen LogP contribution is -2.39.